The molecule has 0 unspecified atom stereocenters. The Hall–Kier alpha value is -0.300. The first-order chi connectivity index (χ1) is 8.42. The van der Waals surface area contributed by atoms with Gasteiger partial charge in [0.15, 0.2) is 17.8 Å². The van der Waals surface area contributed by atoms with Crippen molar-refractivity contribution < 1.29 is 19.7 Å². The fourth-order valence-corrected chi connectivity index (χ4v) is 2.73. The number of phenolic OH excluding ortho intramolecular Hbond substituents is 2. The first-order valence-electron chi connectivity index (χ1n) is 5.36. The lowest BCUT2D eigenvalue weighted by molar-refractivity contribution is -0.132. The summed E-state index contributed by atoms with van der Waals surface area (Å²) >= 11 is 6.61. The molecule has 0 bridgehead atoms. The number of phenols is 2. The first kappa shape index (κ1) is 15.8. The van der Waals surface area contributed by atoms with Gasteiger partial charge in [0.2, 0.25) is 0 Å². The van der Waals surface area contributed by atoms with Crippen molar-refractivity contribution in [2.45, 2.75) is 19.6 Å². The SMILES string of the molecule is COC(OC)[C@H](C)Cc1cc(O)c(O)c(Br)c1Br. The molecular formula is C12H16Br2O4. The van der Waals surface area contributed by atoms with Gasteiger partial charge in [0, 0.05) is 24.6 Å². The van der Waals surface area contributed by atoms with Crippen LogP contribution >= 0.6 is 31.9 Å². The standard InChI is InChI=1S/C12H16Br2O4/c1-6(12(17-2)18-3)4-7-5-8(15)11(16)10(14)9(7)13/h5-6,12,15-16H,4H2,1-3H3/t6-/m1/s1. The summed E-state index contributed by atoms with van der Waals surface area (Å²) in [4.78, 5) is 0. The van der Waals surface area contributed by atoms with Gasteiger partial charge >= 0.3 is 0 Å². The zero-order chi connectivity index (χ0) is 13.9. The summed E-state index contributed by atoms with van der Waals surface area (Å²) in [6, 6.07) is 1.53. The Bertz CT molecular complexity index is 419. The normalized spacial score (nSPS) is 13.0. The molecule has 1 rings (SSSR count). The highest BCUT2D eigenvalue weighted by Crippen LogP contribution is 2.41. The summed E-state index contributed by atoms with van der Waals surface area (Å²) in [6.07, 6.45) is 0.325. The van der Waals surface area contributed by atoms with Gasteiger partial charge in [-0.3, -0.25) is 0 Å². The maximum Gasteiger partial charge on any atom is 0.173 e. The second-order valence-electron chi connectivity index (χ2n) is 4.05. The van der Waals surface area contributed by atoms with Crippen molar-refractivity contribution in [2.75, 3.05) is 14.2 Å². The van der Waals surface area contributed by atoms with Crippen LogP contribution in [0.15, 0.2) is 15.0 Å². The molecule has 18 heavy (non-hydrogen) atoms. The number of ether oxygens (including phenoxy) is 2. The van der Waals surface area contributed by atoms with E-state index in [1.54, 1.807) is 14.2 Å². The van der Waals surface area contributed by atoms with Crippen molar-refractivity contribution in [2.24, 2.45) is 5.92 Å². The fraction of sp³-hybridized carbons (Fsp3) is 0.500. The number of rotatable bonds is 5. The molecular weight excluding hydrogens is 368 g/mol. The highest BCUT2D eigenvalue weighted by atomic mass is 79.9. The zero-order valence-corrected chi connectivity index (χ0v) is 13.6. The predicted octanol–water partition coefficient (Wildman–Crippen LogP) is 3.42. The predicted molar refractivity (Wildman–Crippen MR) is 75.8 cm³/mol. The van der Waals surface area contributed by atoms with Gasteiger partial charge in [0.05, 0.1) is 4.47 Å². The molecule has 0 saturated carbocycles. The Morgan fingerprint density at radius 1 is 1.17 bits per heavy atom. The minimum absolute atomic E-state index is 0.104. The fourth-order valence-electron chi connectivity index (χ4n) is 1.81. The Kier molecular flexibility index (Phi) is 5.91. The Morgan fingerprint density at radius 3 is 2.22 bits per heavy atom. The topological polar surface area (TPSA) is 58.9 Å². The second-order valence-corrected chi connectivity index (χ2v) is 5.64. The van der Waals surface area contributed by atoms with Crippen LogP contribution in [0.25, 0.3) is 0 Å². The van der Waals surface area contributed by atoms with Gasteiger partial charge in [-0.15, -0.1) is 0 Å². The monoisotopic (exact) mass is 382 g/mol. The molecule has 1 aromatic rings. The molecule has 0 aliphatic carbocycles. The minimum atomic E-state index is -0.313. The van der Waals surface area contributed by atoms with Crippen molar-refractivity contribution in [1.82, 2.24) is 0 Å². The first-order valence-corrected chi connectivity index (χ1v) is 6.95. The molecule has 0 heterocycles. The van der Waals surface area contributed by atoms with E-state index in [2.05, 4.69) is 31.9 Å². The summed E-state index contributed by atoms with van der Waals surface area (Å²) in [7, 11) is 3.17. The van der Waals surface area contributed by atoms with Gasteiger partial charge in [0.1, 0.15) is 0 Å². The van der Waals surface area contributed by atoms with Crippen LogP contribution in [0, 0.1) is 5.92 Å². The molecule has 4 nitrogen and oxygen atoms in total. The van der Waals surface area contributed by atoms with Gasteiger partial charge < -0.3 is 19.7 Å². The highest BCUT2D eigenvalue weighted by Gasteiger charge is 2.20. The summed E-state index contributed by atoms with van der Waals surface area (Å²) in [5.41, 5.74) is 0.865. The number of hydrogen-bond acceptors (Lipinski definition) is 4. The van der Waals surface area contributed by atoms with Gasteiger partial charge in [-0.25, -0.2) is 0 Å². The van der Waals surface area contributed by atoms with Crippen LogP contribution in [-0.2, 0) is 15.9 Å². The van der Waals surface area contributed by atoms with Gasteiger partial charge in [0.25, 0.3) is 0 Å². The van der Waals surface area contributed by atoms with Crippen LogP contribution in [0.3, 0.4) is 0 Å². The minimum Gasteiger partial charge on any atom is -0.504 e. The van der Waals surface area contributed by atoms with Crippen molar-refractivity contribution in [3.63, 3.8) is 0 Å². The van der Waals surface area contributed by atoms with Crippen LogP contribution in [0.1, 0.15) is 12.5 Å². The second kappa shape index (κ2) is 6.75. The van der Waals surface area contributed by atoms with Crippen LogP contribution in [0.2, 0.25) is 0 Å². The molecule has 1 aromatic carbocycles. The third-order valence-corrected chi connectivity index (χ3v) is 4.92. The van der Waals surface area contributed by atoms with Gasteiger partial charge in [-0.05, 0) is 49.9 Å². The van der Waals surface area contributed by atoms with Crippen LogP contribution in [-0.4, -0.2) is 30.7 Å². The van der Waals surface area contributed by atoms with E-state index in [4.69, 9.17) is 9.47 Å². The highest BCUT2D eigenvalue weighted by molar-refractivity contribution is 9.13. The van der Waals surface area contributed by atoms with Gasteiger partial charge in [-0.2, -0.15) is 0 Å². The molecule has 0 amide bonds. The molecule has 0 aliphatic heterocycles. The van der Waals surface area contributed by atoms with E-state index in [1.165, 1.54) is 6.07 Å². The lowest BCUT2D eigenvalue weighted by Crippen LogP contribution is -2.24. The summed E-state index contributed by atoms with van der Waals surface area (Å²) in [5.74, 6) is -0.223. The molecule has 0 saturated heterocycles. The summed E-state index contributed by atoms with van der Waals surface area (Å²) in [6.45, 7) is 1.99. The van der Waals surface area contributed by atoms with Gasteiger partial charge in [-0.1, -0.05) is 6.92 Å². The third-order valence-electron chi connectivity index (χ3n) is 2.71. The smallest absolute Gasteiger partial charge is 0.173 e. The zero-order valence-electron chi connectivity index (χ0n) is 10.4. The Labute approximate surface area is 123 Å². The lowest BCUT2D eigenvalue weighted by atomic mass is 10.00. The Morgan fingerprint density at radius 2 is 1.72 bits per heavy atom. The number of benzene rings is 1. The molecule has 0 radical (unpaired) electrons. The van der Waals surface area contributed by atoms with Crippen LogP contribution in [0.4, 0.5) is 0 Å². The molecule has 0 spiro atoms. The van der Waals surface area contributed by atoms with Crippen molar-refractivity contribution in [3.05, 3.63) is 20.6 Å². The summed E-state index contributed by atoms with van der Waals surface area (Å²) < 4.78 is 11.6. The molecule has 1 atom stereocenters. The molecule has 102 valence electrons. The van der Waals surface area contributed by atoms with E-state index in [0.29, 0.717) is 10.9 Å². The number of aromatic hydroxyl groups is 2. The Balaban J connectivity index is 2.98. The molecule has 2 N–H and O–H groups in total. The number of methoxy groups -OCH3 is 2. The number of halogens is 2. The van der Waals surface area contributed by atoms with E-state index in [0.717, 1.165) is 10.0 Å². The summed E-state index contributed by atoms with van der Waals surface area (Å²) in [5, 5.41) is 19.2. The van der Waals surface area contributed by atoms with Crippen molar-refractivity contribution in [3.8, 4) is 11.5 Å². The largest absolute Gasteiger partial charge is 0.504 e. The molecule has 0 aliphatic rings. The third kappa shape index (κ3) is 3.38. The number of hydrogen-bond donors (Lipinski definition) is 2. The van der Waals surface area contributed by atoms with Crippen LogP contribution in [0.5, 0.6) is 11.5 Å². The van der Waals surface area contributed by atoms with Crippen LogP contribution < -0.4 is 0 Å². The maximum absolute atomic E-state index is 9.61. The quantitative estimate of drug-likeness (QED) is 0.604. The van der Waals surface area contributed by atoms with E-state index >= 15 is 0 Å². The van der Waals surface area contributed by atoms with E-state index in [9.17, 15) is 10.2 Å². The van der Waals surface area contributed by atoms with E-state index in [-0.39, 0.29) is 23.7 Å². The molecule has 0 fully saturated rings. The average molecular weight is 384 g/mol. The molecule has 0 aromatic heterocycles. The van der Waals surface area contributed by atoms with E-state index in [1.807, 2.05) is 6.92 Å². The van der Waals surface area contributed by atoms with Crippen molar-refractivity contribution >= 4 is 31.9 Å². The average Bonchev–Trinajstić information content (AvgIpc) is 2.35. The van der Waals surface area contributed by atoms with Crippen molar-refractivity contribution in [1.29, 1.82) is 0 Å². The van der Waals surface area contributed by atoms with E-state index < -0.39 is 0 Å². The lowest BCUT2D eigenvalue weighted by Gasteiger charge is -2.22. The maximum atomic E-state index is 9.61. The molecule has 6 heteroatoms.